The van der Waals surface area contributed by atoms with Crippen molar-refractivity contribution in [1.29, 1.82) is 0 Å². The third-order valence-electron chi connectivity index (χ3n) is 1.44. The molecular weight excluding hydrogens is 199 g/mol. The lowest BCUT2D eigenvalue weighted by atomic mass is 10.2. The maximum absolute atomic E-state index is 11.2. The third-order valence-corrected chi connectivity index (χ3v) is 2.16. The molecule has 0 aromatic heterocycles. The van der Waals surface area contributed by atoms with Crippen LogP contribution in [0.1, 0.15) is 13.8 Å². The van der Waals surface area contributed by atoms with E-state index in [-0.39, 0.29) is 0 Å². The van der Waals surface area contributed by atoms with E-state index in [0.29, 0.717) is 18.3 Å². The second-order valence-electron chi connectivity index (χ2n) is 3.32. The maximum atomic E-state index is 11.2. The number of hydrogen-bond acceptors (Lipinski definition) is 3. The zero-order valence-electron chi connectivity index (χ0n) is 8.34. The molecule has 1 aromatic rings. The predicted octanol–water partition coefficient (Wildman–Crippen LogP) is 3.40. The smallest absolute Gasteiger partial charge is 0.229 e. The van der Waals surface area contributed by atoms with Gasteiger partial charge in [-0.3, -0.25) is 0 Å². The summed E-state index contributed by atoms with van der Waals surface area (Å²) in [7, 11) is -2.04. The van der Waals surface area contributed by atoms with Crippen LogP contribution in [-0.2, 0) is 9.09 Å². The van der Waals surface area contributed by atoms with Crippen molar-refractivity contribution in [3.05, 3.63) is 30.3 Å². The van der Waals surface area contributed by atoms with E-state index in [1.54, 1.807) is 12.1 Å². The van der Waals surface area contributed by atoms with Gasteiger partial charge in [-0.05, 0) is 18.1 Å². The summed E-state index contributed by atoms with van der Waals surface area (Å²) >= 11 is 0. The van der Waals surface area contributed by atoms with Crippen LogP contribution in [0.3, 0.4) is 0 Å². The van der Waals surface area contributed by atoms with Crippen LogP contribution < -0.4 is 4.52 Å². The minimum absolute atomic E-state index is 0.355. The Labute approximate surface area is 85.0 Å². The predicted molar refractivity (Wildman–Crippen MR) is 55.5 cm³/mol. The van der Waals surface area contributed by atoms with Gasteiger partial charge in [0.1, 0.15) is 6.61 Å². The first kappa shape index (κ1) is 11.2. The van der Waals surface area contributed by atoms with E-state index in [1.807, 2.05) is 32.0 Å². The Morgan fingerprint density at radius 2 is 1.93 bits per heavy atom. The number of hydrogen-bond donors (Lipinski definition) is 0. The highest BCUT2D eigenvalue weighted by atomic mass is 31.1. The molecule has 0 aliphatic heterocycles. The van der Waals surface area contributed by atoms with Gasteiger partial charge in [0.2, 0.25) is 0 Å². The summed E-state index contributed by atoms with van der Waals surface area (Å²) in [6.45, 7) is 4.43. The van der Waals surface area contributed by atoms with E-state index in [4.69, 9.17) is 9.05 Å². The molecular formula is C10H14O3P+. The van der Waals surface area contributed by atoms with Crippen LogP contribution in [0.2, 0.25) is 0 Å². The van der Waals surface area contributed by atoms with E-state index in [2.05, 4.69) is 0 Å². The molecule has 0 fully saturated rings. The lowest BCUT2D eigenvalue weighted by molar-refractivity contribution is 0.251. The van der Waals surface area contributed by atoms with E-state index >= 15 is 0 Å². The first-order chi connectivity index (χ1) is 6.68. The summed E-state index contributed by atoms with van der Waals surface area (Å²) in [5.74, 6) is 0.922. The number of benzene rings is 1. The van der Waals surface area contributed by atoms with Gasteiger partial charge in [0.15, 0.2) is 5.75 Å². The van der Waals surface area contributed by atoms with Crippen molar-refractivity contribution >= 4 is 8.25 Å². The summed E-state index contributed by atoms with van der Waals surface area (Å²) in [6.07, 6.45) is 0. The van der Waals surface area contributed by atoms with Crippen molar-refractivity contribution in [2.75, 3.05) is 6.61 Å². The highest BCUT2D eigenvalue weighted by molar-refractivity contribution is 7.33. The molecule has 0 aliphatic rings. The molecule has 1 atom stereocenters. The van der Waals surface area contributed by atoms with Crippen molar-refractivity contribution in [3.63, 3.8) is 0 Å². The van der Waals surface area contributed by atoms with Crippen LogP contribution in [0.15, 0.2) is 30.3 Å². The van der Waals surface area contributed by atoms with E-state index in [0.717, 1.165) is 0 Å². The number of rotatable bonds is 5. The molecule has 0 amide bonds. The van der Waals surface area contributed by atoms with Gasteiger partial charge in [0.25, 0.3) is 0 Å². The molecule has 3 nitrogen and oxygen atoms in total. The highest BCUT2D eigenvalue weighted by Gasteiger charge is 2.22. The first-order valence-electron chi connectivity index (χ1n) is 4.51. The lowest BCUT2D eigenvalue weighted by Crippen LogP contribution is -1.97. The first-order valence-corrected chi connectivity index (χ1v) is 5.61. The van der Waals surface area contributed by atoms with Crippen LogP contribution in [0.5, 0.6) is 5.75 Å². The van der Waals surface area contributed by atoms with Gasteiger partial charge in [-0.2, -0.15) is 0 Å². The Morgan fingerprint density at radius 1 is 1.29 bits per heavy atom. The van der Waals surface area contributed by atoms with Gasteiger partial charge in [0.05, 0.1) is 0 Å². The van der Waals surface area contributed by atoms with E-state index in [1.165, 1.54) is 0 Å². The second kappa shape index (κ2) is 5.74. The standard InChI is InChI=1S/C10H14O3P/c1-9(2)8-12-14(11)13-10-6-4-3-5-7-10/h3-7,9H,8H2,1-2H3/q+1. The molecule has 4 heteroatoms. The van der Waals surface area contributed by atoms with E-state index < -0.39 is 8.25 Å². The summed E-state index contributed by atoms with van der Waals surface area (Å²) in [5, 5.41) is 0. The fourth-order valence-corrected chi connectivity index (χ4v) is 1.57. The monoisotopic (exact) mass is 213 g/mol. The van der Waals surface area contributed by atoms with Crippen LogP contribution in [0, 0.1) is 5.92 Å². The molecule has 0 spiro atoms. The second-order valence-corrected chi connectivity index (χ2v) is 4.21. The van der Waals surface area contributed by atoms with Gasteiger partial charge >= 0.3 is 8.25 Å². The molecule has 0 bridgehead atoms. The largest absolute Gasteiger partial charge is 0.750 e. The third kappa shape index (κ3) is 4.35. The van der Waals surface area contributed by atoms with Crippen molar-refractivity contribution in [2.45, 2.75) is 13.8 Å². The molecule has 14 heavy (non-hydrogen) atoms. The molecule has 0 heterocycles. The fraction of sp³-hybridized carbons (Fsp3) is 0.400. The van der Waals surface area contributed by atoms with Crippen LogP contribution in [-0.4, -0.2) is 6.61 Å². The lowest BCUT2D eigenvalue weighted by Gasteiger charge is -1.95. The highest BCUT2D eigenvalue weighted by Crippen LogP contribution is 2.27. The van der Waals surface area contributed by atoms with Gasteiger partial charge in [-0.1, -0.05) is 32.0 Å². The van der Waals surface area contributed by atoms with Gasteiger partial charge in [-0.15, -0.1) is 4.52 Å². The Bertz CT molecular complexity index is 285. The molecule has 0 N–H and O–H groups in total. The molecule has 0 saturated heterocycles. The average Bonchev–Trinajstić information content (AvgIpc) is 2.16. The van der Waals surface area contributed by atoms with Crippen molar-refractivity contribution in [1.82, 2.24) is 0 Å². The SMILES string of the molecule is CC(C)CO[P+](=O)Oc1ccccc1. The van der Waals surface area contributed by atoms with Crippen molar-refractivity contribution in [2.24, 2.45) is 5.92 Å². The topological polar surface area (TPSA) is 35.5 Å². The summed E-state index contributed by atoms with van der Waals surface area (Å²) < 4.78 is 21.3. The van der Waals surface area contributed by atoms with Gasteiger partial charge < -0.3 is 0 Å². The van der Waals surface area contributed by atoms with Gasteiger partial charge in [0, 0.05) is 4.57 Å². The quantitative estimate of drug-likeness (QED) is 0.703. The fourth-order valence-electron chi connectivity index (χ4n) is 0.804. The molecule has 0 aliphatic carbocycles. The molecule has 0 saturated carbocycles. The molecule has 1 rings (SSSR count). The van der Waals surface area contributed by atoms with Crippen molar-refractivity contribution in [3.8, 4) is 5.75 Å². The Kier molecular flexibility index (Phi) is 4.57. The van der Waals surface area contributed by atoms with E-state index in [9.17, 15) is 4.57 Å². The minimum Gasteiger partial charge on any atom is -0.229 e. The maximum Gasteiger partial charge on any atom is 0.750 e. The number of para-hydroxylation sites is 1. The Hall–Kier alpha value is -0.920. The van der Waals surface area contributed by atoms with Crippen LogP contribution in [0.4, 0.5) is 0 Å². The van der Waals surface area contributed by atoms with Crippen molar-refractivity contribution < 1.29 is 13.6 Å². The summed E-state index contributed by atoms with van der Waals surface area (Å²) in [4.78, 5) is 0. The Balaban J connectivity index is 2.35. The molecule has 76 valence electrons. The minimum atomic E-state index is -2.04. The zero-order valence-corrected chi connectivity index (χ0v) is 9.24. The summed E-state index contributed by atoms with van der Waals surface area (Å²) in [5.41, 5.74) is 0. The Morgan fingerprint density at radius 3 is 2.50 bits per heavy atom. The molecule has 1 aromatic carbocycles. The van der Waals surface area contributed by atoms with Crippen LogP contribution >= 0.6 is 8.25 Å². The molecule has 0 radical (unpaired) electrons. The summed E-state index contributed by atoms with van der Waals surface area (Å²) in [6, 6.07) is 8.99. The zero-order chi connectivity index (χ0) is 10.4. The average molecular weight is 213 g/mol. The normalized spacial score (nSPS) is 11.5. The van der Waals surface area contributed by atoms with Gasteiger partial charge in [-0.25, -0.2) is 4.52 Å². The molecule has 1 unspecified atom stereocenters. The van der Waals surface area contributed by atoms with Crippen LogP contribution in [0.25, 0.3) is 0 Å².